The molecule has 0 amide bonds. The van der Waals surface area contributed by atoms with Crippen LogP contribution in [-0.4, -0.2) is 53.6 Å². The van der Waals surface area contributed by atoms with Crippen molar-refractivity contribution in [2.75, 3.05) is 12.3 Å². The van der Waals surface area contributed by atoms with Gasteiger partial charge in [0.15, 0.2) is 12.4 Å². The summed E-state index contributed by atoms with van der Waals surface area (Å²) in [7, 11) is 0. The van der Waals surface area contributed by atoms with Crippen LogP contribution in [0.4, 0.5) is 10.2 Å². The number of ether oxygens (including phenoxy) is 1. The van der Waals surface area contributed by atoms with Crippen LogP contribution in [0.1, 0.15) is 32.7 Å². The summed E-state index contributed by atoms with van der Waals surface area (Å²) in [6.45, 7) is 4.92. The molecule has 142 valence electrons. The van der Waals surface area contributed by atoms with Gasteiger partial charge >= 0.3 is 5.69 Å². The van der Waals surface area contributed by atoms with Crippen LogP contribution in [0, 0.1) is 0 Å². The zero-order chi connectivity index (χ0) is 19.3. The number of alkyl halides is 1. The molecule has 26 heavy (non-hydrogen) atoms. The van der Waals surface area contributed by atoms with Crippen molar-refractivity contribution in [3.8, 4) is 0 Å². The fraction of sp³-hybridized carbons (Fsp3) is 0.600. The molecule has 4 atom stereocenters. The summed E-state index contributed by atoms with van der Waals surface area (Å²) >= 11 is 0. The Bertz CT molecular complexity index is 862. The van der Waals surface area contributed by atoms with Crippen molar-refractivity contribution in [2.24, 2.45) is 0 Å². The van der Waals surface area contributed by atoms with Crippen molar-refractivity contribution in [1.29, 1.82) is 0 Å². The molecule has 1 saturated heterocycles. The van der Waals surface area contributed by atoms with Gasteiger partial charge in [-0.1, -0.05) is 26.0 Å². The zero-order valence-electron chi connectivity index (χ0n) is 14.6. The fourth-order valence-corrected chi connectivity index (χ4v) is 2.76. The van der Waals surface area contributed by atoms with Crippen molar-refractivity contribution in [3.63, 3.8) is 0 Å². The van der Waals surface area contributed by atoms with Gasteiger partial charge in [-0.15, -0.1) is 5.10 Å². The van der Waals surface area contributed by atoms with Crippen LogP contribution in [0.15, 0.2) is 23.3 Å². The topological polar surface area (TPSA) is 141 Å². The van der Waals surface area contributed by atoms with Crippen molar-refractivity contribution < 1.29 is 19.3 Å². The Labute approximate surface area is 148 Å². The van der Waals surface area contributed by atoms with Crippen LogP contribution in [0.3, 0.4) is 0 Å². The molecule has 1 aliphatic rings. The van der Waals surface area contributed by atoms with Crippen LogP contribution in [0.2, 0.25) is 0 Å². The van der Waals surface area contributed by atoms with E-state index in [9.17, 15) is 19.4 Å². The number of nitrogen functional groups attached to an aromatic ring is 1. The number of hydrogen-bond acceptors (Lipinski definition) is 8. The minimum atomic E-state index is -2.02. The molecule has 0 spiro atoms. The smallest absolute Gasteiger partial charge is 0.351 e. The minimum Gasteiger partial charge on any atom is -0.391 e. The second-order valence-electron chi connectivity index (χ2n) is 7.24. The first-order valence-electron chi connectivity index (χ1n) is 7.99. The lowest BCUT2D eigenvalue weighted by Crippen LogP contribution is -2.48. The van der Waals surface area contributed by atoms with E-state index >= 15 is 0 Å². The standard InChI is InChI=1S/C15H21FN6O4/c1-14(2,3)8-6-22(20-19-8)15(7-23)11(24)10(16)12(26-15)21-5-4-9(17)18-13(21)25/h4-6,10-12,23-24H,7H2,1-3H3,(H2,17,18,25)/t10-,11-,12+,15+/m0/s1. The second-order valence-corrected chi connectivity index (χ2v) is 7.24. The van der Waals surface area contributed by atoms with Gasteiger partial charge in [0.2, 0.25) is 5.72 Å². The highest BCUT2D eigenvalue weighted by Crippen LogP contribution is 2.41. The van der Waals surface area contributed by atoms with E-state index in [1.54, 1.807) is 0 Å². The molecule has 1 aliphatic heterocycles. The molecule has 3 heterocycles. The number of nitrogens with zero attached hydrogens (tertiary/aromatic N) is 5. The molecule has 10 nitrogen and oxygen atoms in total. The van der Waals surface area contributed by atoms with E-state index in [0.717, 1.165) is 9.25 Å². The number of rotatable bonds is 3. The first-order valence-corrected chi connectivity index (χ1v) is 7.99. The molecule has 3 rings (SSSR count). The molecular weight excluding hydrogens is 347 g/mol. The summed E-state index contributed by atoms with van der Waals surface area (Å²) < 4.78 is 22.3. The van der Waals surface area contributed by atoms with E-state index in [4.69, 9.17) is 10.5 Å². The molecule has 1 fully saturated rings. The van der Waals surface area contributed by atoms with Crippen LogP contribution >= 0.6 is 0 Å². The molecule has 0 unspecified atom stereocenters. The van der Waals surface area contributed by atoms with Crippen LogP contribution in [0.25, 0.3) is 0 Å². The maximum absolute atomic E-state index is 14.8. The molecular formula is C15H21FN6O4. The molecule has 0 saturated carbocycles. The zero-order valence-corrected chi connectivity index (χ0v) is 14.6. The summed E-state index contributed by atoms with van der Waals surface area (Å²) in [5.41, 5.74) is 2.87. The first kappa shape index (κ1) is 18.4. The number of aliphatic hydroxyl groups is 2. The van der Waals surface area contributed by atoms with Crippen molar-refractivity contribution in [3.05, 3.63) is 34.6 Å². The number of anilines is 1. The van der Waals surface area contributed by atoms with Gasteiger partial charge in [0.05, 0.1) is 18.5 Å². The van der Waals surface area contributed by atoms with Crippen LogP contribution in [0.5, 0.6) is 0 Å². The average molecular weight is 368 g/mol. The molecule has 2 aromatic heterocycles. The number of halogens is 1. The van der Waals surface area contributed by atoms with E-state index in [1.165, 1.54) is 18.5 Å². The Balaban J connectivity index is 2.03. The van der Waals surface area contributed by atoms with E-state index in [0.29, 0.717) is 5.69 Å². The largest absolute Gasteiger partial charge is 0.391 e. The molecule has 0 bridgehead atoms. The number of aliphatic hydroxyl groups excluding tert-OH is 2. The van der Waals surface area contributed by atoms with Gasteiger partial charge in [-0.05, 0) is 6.07 Å². The first-order chi connectivity index (χ1) is 12.1. The SMILES string of the molecule is CC(C)(C)c1cn([C@]2(CO)O[C@@H](n3ccc(N)nc3=O)[C@@H](F)[C@@H]2O)nn1. The molecule has 11 heteroatoms. The van der Waals surface area contributed by atoms with Gasteiger partial charge < -0.3 is 20.7 Å². The van der Waals surface area contributed by atoms with Crippen molar-refractivity contribution >= 4 is 5.82 Å². The lowest BCUT2D eigenvalue weighted by molar-refractivity contribution is -0.187. The van der Waals surface area contributed by atoms with Crippen molar-refractivity contribution in [1.82, 2.24) is 24.5 Å². The van der Waals surface area contributed by atoms with Gasteiger partial charge in [-0.25, -0.2) is 13.9 Å². The summed E-state index contributed by atoms with van der Waals surface area (Å²) in [4.78, 5) is 15.5. The minimum absolute atomic E-state index is 0.0280. The lowest BCUT2D eigenvalue weighted by Gasteiger charge is -2.29. The average Bonchev–Trinajstić information content (AvgIpc) is 3.14. The summed E-state index contributed by atoms with van der Waals surface area (Å²) in [5.74, 6) is -0.0280. The van der Waals surface area contributed by atoms with E-state index in [1.807, 2.05) is 20.8 Å². The van der Waals surface area contributed by atoms with E-state index < -0.39 is 36.5 Å². The van der Waals surface area contributed by atoms with Gasteiger partial charge in [0.25, 0.3) is 0 Å². The summed E-state index contributed by atoms with van der Waals surface area (Å²) in [6.07, 6.45) is -2.65. The Hall–Kier alpha value is -2.37. The number of hydrogen-bond donors (Lipinski definition) is 3. The Morgan fingerprint density at radius 2 is 2.15 bits per heavy atom. The van der Waals surface area contributed by atoms with Gasteiger partial charge in [0, 0.05) is 11.6 Å². The molecule has 2 aromatic rings. The summed E-state index contributed by atoms with van der Waals surface area (Å²) in [6, 6.07) is 1.30. The maximum Gasteiger partial charge on any atom is 0.351 e. The predicted octanol–water partition coefficient (Wildman–Crippen LogP) is -0.712. The highest BCUT2D eigenvalue weighted by molar-refractivity contribution is 5.23. The Kier molecular flexibility index (Phi) is 4.33. The predicted molar refractivity (Wildman–Crippen MR) is 87.7 cm³/mol. The highest BCUT2D eigenvalue weighted by atomic mass is 19.1. The van der Waals surface area contributed by atoms with E-state index in [-0.39, 0.29) is 11.2 Å². The number of aromatic nitrogens is 5. The highest BCUT2D eigenvalue weighted by Gasteiger charge is 2.58. The monoisotopic (exact) mass is 368 g/mol. The fourth-order valence-electron chi connectivity index (χ4n) is 2.76. The van der Waals surface area contributed by atoms with E-state index in [2.05, 4.69) is 15.3 Å². The lowest BCUT2D eigenvalue weighted by atomic mass is 9.93. The molecule has 4 N–H and O–H groups in total. The Morgan fingerprint density at radius 3 is 2.69 bits per heavy atom. The molecule has 0 aromatic carbocycles. The third kappa shape index (κ3) is 2.77. The summed E-state index contributed by atoms with van der Waals surface area (Å²) in [5, 5.41) is 28.2. The maximum atomic E-state index is 14.8. The van der Waals surface area contributed by atoms with Gasteiger partial charge in [0.1, 0.15) is 11.9 Å². The third-order valence-corrected chi connectivity index (χ3v) is 4.36. The Morgan fingerprint density at radius 1 is 1.46 bits per heavy atom. The molecule has 0 aliphatic carbocycles. The molecule has 0 radical (unpaired) electrons. The quantitative estimate of drug-likeness (QED) is 0.645. The van der Waals surface area contributed by atoms with Crippen molar-refractivity contribution in [2.45, 2.75) is 50.4 Å². The number of nitrogens with two attached hydrogens (primary N) is 1. The van der Waals surface area contributed by atoms with Crippen LogP contribution < -0.4 is 11.4 Å². The van der Waals surface area contributed by atoms with Gasteiger partial charge in [-0.2, -0.15) is 4.98 Å². The second kappa shape index (κ2) is 6.11. The van der Waals surface area contributed by atoms with Gasteiger partial charge in [-0.3, -0.25) is 4.57 Å². The normalized spacial score (nSPS) is 29.2. The third-order valence-electron chi connectivity index (χ3n) is 4.36. The van der Waals surface area contributed by atoms with Crippen LogP contribution in [-0.2, 0) is 15.9 Å².